The van der Waals surface area contributed by atoms with Crippen molar-refractivity contribution in [2.45, 2.75) is 0 Å². The Morgan fingerprint density at radius 1 is 1.28 bits per heavy atom. The summed E-state index contributed by atoms with van der Waals surface area (Å²) in [5, 5.41) is 4.23. The number of rotatable bonds is 1. The molecule has 0 amide bonds. The zero-order valence-corrected chi connectivity index (χ0v) is 9.79. The highest BCUT2D eigenvalue weighted by Crippen LogP contribution is 2.32. The van der Waals surface area contributed by atoms with Crippen molar-refractivity contribution in [2.24, 2.45) is 12.0 Å². The highest BCUT2D eigenvalue weighted by Gasteiger charge is 2.29. The van der Waals surface area contributed by atoms with Crippen LogP contribution in [0.4, 0.5) is 0 Å². The summed E-state index contributed by atoms with van der Waals surface area (Å²) < 4.78 is 1.48. The molecule has 0 unspecified atom stereocenters. The van der Waals surface area contributed by atoms with Gasteiger partial charge in [-0.25, -0.2) is 14.7 Å². The quantitative estimate of drug-likeness (QED) is 0.637. The molecule has 88 valence electrons. The highest BCUT2D eigenvalue weighted by molar-refractivity contribution is 6.19. The summed E-state index contributed by atoms with van der Waals surface area (Å²) in [5.41, 5.74) is 2.85. The van der Waals surface area contributed by atoms with E-state index in [0.717, 1.165) is 5.56 Å². The van der Waals surface area contributed by atoms with Crippen molar-refractivity contribution in [3.63, 3.8) is 0 Å². The van der Waals surface area contributed by atoms with Gasteiger partial charge in [-0.2, -0.15) is 5.10 Å². The molecule has 18 heavy (non-hydrogen) atoms. The maximum absolute atomic E-state index is 12.1. The van der Waals surface area contributed by atoms with Crippen LogP contribution in [0.3, 0.4) is 0 Å². The van der Waals surface area contributed by atoms with Gasteiger partial charge in [0.1, 0.15) is 5.69 Å². The minimum absolute atomic E-state index is 0.0890. The first-order valence-corrected chi connectivity index (χ1v) is 5.46. The molecule has 1 aliphatic carbocycles. The van der Waals surface area contributed by atoms with E-state index >= 15 is 0 Å². The minimum atomic E-state index is -0.0890. The molecule has 1 aliphatic rings. The lowest BCUT2D eigenvalue weighted by Gasteiger charge is -2.01. The van der Waals surface area contributed by atoms with Gasteiger partial charge in [0.15, 0.2) is 5.69 Å². The number of carbonyl (C=O) groups excluding carboxylic acids is 1. The first-order valence-electron chi connectivity index (χ1n) is 5.46. The summed E-state index contributed by atoms with van der Waals surface area (Å²) in [7, 11) is 1.70. The second-order valence-corrected chi connectivity index (χ2v) is 3.92. The molecule has 2 aromatic rings. The molecule has 5 nitrogen and oxygen atoms in total. The van der Waals surface area contributed by atoms with E-state index in [1.54, 1.807) is 13.1 Å². The van der Waals surface area contributed by atoms with Crippen LogP contribution < -0.4 is 5.62 Å². The molecule has 1 heterocycles. The van der Waals surface area contributed by atoms with Crippen molar-refractivity contribution in [2.75, 3.05) is 0 Å². The second-order valence-electron chi connectivity index (χ2n) is 3.92. The van der Waals surface area contributed by atoms with Crippen LogP contribution in [-0.4, -0.2) is 20.5 Å². The van der Waals surface area contributed by atoms with Crippen LogP contribution in [0.1, 0.15) is 16.1 Å². The molecular formula is C13H10N4O. The number of carbonyl (C=O) groups is 1. The Labute approximate surface area is 103 Å². The van der Waals surface area contributed by atoms with Gasteiger partial charge in [-0.05, 0) is 0 Å². The Morgan fingerprint density at radius 3 is 2.72 bits per heavy atom. The molecule has 1 aromatic carbocycles. The van der Waals surface area contributed by atoms with Gasteiger partial charge in [-0.3, -0.25) is 4.79 Å². The summed E-state index contributed by atoms with van der Waals surface area (Å²) >= 11 is 0. The molecule has 0 saturated carbocycles. The zero-order chi connectivity index (χ0) is 12.7. The van der Waals surface area contributed by atoms with Gasteiger partial charge in [0.2, 0.25) is 11.4 Å². The van der Waals surface area contributed by atoms with E-state index in [2.05, 4.69) is 21.7 Å². The average molecular weight is 238 g/mol. The van der Waals surface area contributed by atoms with Crippen molar-refractivity contribution in [3.05, 3.63) is 53.9 Å². The third kappa shape index (κ3) is 1.34. The van der Waals surface area contributed by atoms with E-state index in [1.165, 1.54) is 10.9 Å². The number of fused-ring (bicyclic) bond motifs is 3. The molecule has 5 heteroatoms. The van der Waals surface area contributed by atoms with Crippen LogP contribution >= 0.6 is 0 Å². The molecule has 1 aromatic heterocycles. The molecule has 0 spiro atoms. The van der Waals surface area contributed by atoms with Crippen molar-refractivity contribution >= 4 is 5.78 Å². The maximum atomic E-state index is 12.1. The van der Waals surface area contributed by atoms with Crippen LogP contribution in [0.5, 0.6) is 0 Å². The van der Waals surface area contributed by atoms with E-state index in [0.29, 0.717) is 22.6 Å². The van der Waals surface area contributed by atoms with E-state index in [-0.39, 0.29) is 5.78 Å². The topological polar surface area (TPSA) is 60.1 Å². The fourth-order valence-electron chi connectivity index (χ4n) is 2.02. The lowest BCUT2D eigenvalue weighted by molar-refractivity contribution is 0.103. The molecule has 0 bridgehead atoms. The molecular weight excluding hydrogens is 228 g/mol. The fourth-order valence-corrected chi connectivity index (χ4v) is 2.02. The Kier molecular flexibility index (Phi) is 2.19. The van der Waals surface area contributed by atoms with E-state index in [1.807, 2.05) is 18.2 Å². The molecule has 0 fully saturated rings. The van der Waals surface area contributed by atoms with Crippen LogP contribution in [-0.2, 0) is 7.05 Å². The largest absolute Gasteiger partial charge is 0.287 e. The third-order valence-corrected chi connectivity index (χ3v) is 2.82. The minimum Gasteiger partial charge on any atom is -0.287 e. The zero-order valence-electron chi connectivity index (χ0n) is 9.79. The van der Waals surface area contributed by atoms with Crippen LogP contribution in [0.25, 0.3) is 11.3 Å². The van der Waals surface area contributed by atoms with Gasteiger partial charge in [0.25, 0.3) is 0 Å². The van der Waals surface area contributed by atoms with Gasteiger partial charge in [-0.15, -0.1) is 0 Å². The molecule has 0 saturated heterocycles. The summed E-state index contributed by atoms with van der Waals surface area (Å²) in [6, 6.07) is 7.36. The van der Waals surface area contributed by atoms with Crippen molar-refractivity contribution in [1.29, 1.82) is 0 Å². The fraction of sp³-hybridized carbons (Fsp3) is 0.0769. The molecule has 0 radical (unpaired) electrons. The summed E-state index contributed by atoms with van der Waals surface area (Å²) in [6.07, 6.45) is 1.40. The Balaban J connectivity index is 2.38. The van der Waals surface area contributed by atoms with Crippen molar-refractivity contribution < 1.29 is 4.79 Å². The third-order valence-electron chi connectivity index (χ3n) is 2.82. The highest BCUT2D eigenvalue weighted by atomic mass is 16.1. The number of aryl methyl sites for hydroxylation is 1. The van der Waals surface area contributed by atoms with Gasteiger partial charge >= 0.3 is 0 Å². The molecule has 0 aliphatic heterocycles. The summed E-state index contributed by atoms with van der Waals surface area (Å²) in [5.74, 6) is -0.0890. The lowest BCUT2D eigenvalue weighted by atomic mass is 10.1. The van der Waals surface area contributed by atoms with Gasteiger partial charge in [0.05, 0.1) is 0 Å². The number of hydrogen-bond acceptors (Lipinski definition) is 4. The van der Waals surface area contributed by atoms with Gasteiger partial charge in [0, 0.05) is 24.4 Å². The number of nitrogens with zero attached hydrogens (tertiary/aromatic N) is 4. The first kappa shape index (κ1) is 10.6. The number of ketones is 1. The number of benzene rings is 1. The second kappa shape index (κ2) is 3.73. The normalized spacial score (nSPS) is 13.4. The van der Waals surface area contributed by atoms with Gasteiger partial charge < -0.3 is 0 Å². The predicted octanol–water partition coefficient (Wildman–Crippen LogP) is 1.07. The Morgan fingerprint density at radius 2 is 2.00 bits per heavy atom. The van der Waals surface area contributed by atoms with Crippen LogP contribution in [0.15, 0.2) is 42.0 Å². The van der Waals surface area contributed by atoms with E-state index in [9.17, 15) is 4.79 Å². The van der Waals surface area contributed by atoms with E-state index < -0.39 is 0 Å². The maximum Gasteiger partial charge on any atom is 0.246 e. The monoisotopic (exact) mass is 238 g/mol. The van der Waals surface area contributed by atoms with Gasteiger partial charge in [-0.1, -0.05) is 30.8 Å². The smallest absolute Gasteiger partial charge is 0.246 e. The molecule has 3 rings (SSSR count). The predicted molar refractivity (Wildman–Crippen MR) is 65.6 cm³/mol. The van der Waals surface area contributed by atoms with Crippen molar-refractivity contribution in [1.82, 2.24) is 14.8 Å². The first-order chi connectivity index (χ1) is 8.72. The molecule has 0 N–H and O–H groups in total. The Bertz CT molecular complexity index is 743. The van der Waals surface area contributed by atoms with E-state index in [4.69, 9.17) is 0 Å². The summed E-state index contributed by atoms with van der Waals surface area (Å²) in [6.45, 7) is 3.54. The average Bonchev–Trinajstić information content (AvgIpc) is 2.65. The standard InChI is InChI=1S/C13H10N4O/c1-3-14-13-15-10-8-6-4-5-7-9(8)12(18)11(10)16-17(13)2/h3-7H,1H2,2H3. The number of aromatic nitrogens is 3. The SMILES string of the molecule is C=CN=c1nc2c(nn1C)C(=O)c1ccccc1-2. The summed E-state index contributed by atoms with van der Waals surface area (Å²) in [4.78, 5) is 20.5. The number of hydrogen-bond donors (Lipinski definition) is 0. The molecule has 0 atom stereocenters. The van der Waals surface area contributed by atoms with Crippen LogP contribution in [0.2, 0.25) is 0 Å². The Hall–Kier alpha value is -2.56. The van der Waals surface area contributed by atoms with Crippen LogP contribution in [0, 0.1) is 0 Å². The lowest BCUT2D eigenvalue weighted by Crippen LogP contribution is -2.26. The van der Waals surface area contributed by atoms with Crippen molar-refractivity contribution in [3.8, 4) is 11.3 Å².